The maximum Gasteiger partial charge on any atom is 0.311 e. The van der Waals surface area contributed by atoms with Gasteiger partial charge in [0.25, 0.3) is 0 Å². The van der Waals surface area contributed by atoms with E-state index < -0.39 is 5.41 Å². The van der Waals surface area contributed by atoms with E-state index in [4.69, 9.17) is 14.2 Å². The fraction of sp³-hybridized carbons (Fsp3) is 0.906. The van der Waals surface area contributed by atoms with Gasteiger partial charge in [-0.1, -0.05) is 34.6 Å². The third-order valence-corrected chi connectivity index (χ3v) is 10.6. The van der Waals surface area contributed by atoms with Crippen molar-refractivity contribution in [2.75, 3.05) is 0 Å². The first-order chi connectivity index (χ1) is 17.6. The molecular weight excluding hydrogens is 480 g/mol. The Morgan fingerprint density at radius 3 is 1.92 bits per heavy atom. The van der Waals surface area contributed by atoms with Gasteiger partial charge in [0, 0.05) is 11.8 Å². The molecule has 4 bridgehead atoms. The SMILES string of the molecule is CCC(C)(C)C(=O)OC1C2CC3C(=O)OC1C3C2.CCC(C)(C)C(=O)OC1CC2CC1CC2CC(C)(C)C. The van der Waals surface area contributed by atoms with E-state index in [0.29, 0.717) is 23.2 Å². The predicted molar refractivity (Wildman–Crippen MR) is 146 cm³/mol. The minimum absolute atomic E-state index is 0.00456. The first-order valence-corrected chi connectivity index (χ1v) is 15.2. The van der Waals surface area contributed by atoms with Crippen molar-refractivity contribution in [1.82, 2.24) is 0 Å². The zero-order valence-electron chi connectivity index (χ0n) is 25.3. The Hall–Kier alpha value is -1.59. The van der Waals surface area contributed by atoms with Crippen LogP contribution in [0.1, 0.15) is 114 Å². The molecule has 6 heteroatoms. The Balaban J connectivity index is 0.000000178. The molecule has 0 aromatic carbocycles. The average molecular weight is 533 g/mol. The minimum Gasteiger partial charge on any atom is -0.462 e. The molecule has 6 nitrogen and oxygen atoms in total. The van der Waals surface area contributed by atoms with Crippen molar-refractivity contribution in [1.29, 1.82) is 0 Å². The van der Waals surface area contributed by atoms with E-state index in [1.165, 1.54) is 19.3 Å². The summed E-state index contributed by atoms with van der Waals surface area (Å²) < 4.78 is 16.9. The fourth-order valence-electron chi connectivity index (χ4n) is 7.46. The molecule has 5 rings (SSSR count). The third-order valence-electron chi connectivity index (χ3n) is 10.6. The van der Waals surface area contributed by atoms with Crippen LogP contribution in [-0.2, 0) is 28.6 Å². The summed E-state index contributed by atoms with van der Waals surface area (Å²) in [5.74, 6) is 2.74. The molecule has 0 aromatic heterocycles. The van der Waals surface area contributed by atoms with Crippen LogP contribution in [0.25, 0.3) is 0 Å². The summed E-state index contributed by atoms with van der Waals surface area (Å²) >= 11 is 0. The quantitative estimate of drug-likeness (QED) is 0.267. The van der Waals surface area contributed by atoms with Crippen LogP contribution in [0.15, 0.2) is 0 Å². The Morgan fingerprint density at radius 2 is 1.39 bits per heavy atom. The van der Waals surface area contributed by atoms with Crippen molar-refractivity contribution in [3.63, 3.8) is 0 Å². The lowest BCUT2D eigenvalue weighted by molar-refractivity contribution is -0.170. The third kappa shape index (κ3) is 5.80. The van der Waals surface area contributed by atoms with Gasteiger partial charge in [0.15, 0.2) is 0 Å². The molecule has 1 heterocycles. The van der Waals surface area contributed by atoms with E-state index in [1.807, 2.05) is 34.6 Å². The summed E-state index contributed by atoms with van der Waals surface area (Å²) in [5.41, 5.74) is -0.359. The van der Waals surface area contributed by atoms with Crippen LogP contribution in [-0.4, -0.2) is 36.2 Å². The van der Waals surface area contributed by atoms with E-state index in [9.17, 15) is 14.4 Å². The summed E-state index contributed by atoms with van der Waals surface area (Å²) in [4.78, 5) is 36.0. The van der Waals surface area contributed by atoms with Crippen LogP contribution in [0.4, 0.5) is 0 Å². The summed E-state index contributed by atoms with van der Waals surface area (Å²) in [6, 6.07) is 0. The number of esters is 3. The van der Waals surface area contributed by atoms with Crippen LogP contribution < -0.4 is 0 Å². The monoisotopic (exact) mass is 532 g/mol. The molecule has 0 amide bonds. The van der Waals surface area contributed by atoms with Crippen LogP contribution in [0.3, 0.4) is 0 Å². The average Bonchev–Trinajstić information content (AvgIpc) is 3.61. The molecule has 5 aliphatic rings. The lowest BCUT2D eigenvalue weighted by atomic mass is 9.76. The molecule has 9 atom stereocenters. The molecule has 4 aliphatic carbocycles. The maximum absolute atomic E-state index is 12.2. The van der Waals surface area contributed by atoms with Crippen molar-refractivity contribution in [2.24, 2.45) is 51.8 Å². The van der Waals surface area contributed by atoms with Crippen molar-refractivity contribution in [3.05, 3.63) is 0 Å². The van der Waals surface area contributed by atoms with Gasteiger partial charge in [-0.25, -0.2) is 0 Å². The van der Waals surface area contributed by atoms with E-state index in [1.54, 1.807) is 0 Å². The molecule has 4 saturated carbocycles. The number of hydrogen-bond donors (Lipinski definition) is 0. The van der Waals surface area contributed by atoms with Crippen molar-refractivity contribution in [3.8, 4) is 0 Å². The molecule has 1 saturated heterocycles. The van der Waals surface area contributed by atoms with Gasteiger partial charge in [-0.05, 0) is 102 Å². The highest BCUT2D eigenvalue weighted by Crippen LogP contribution is 2.56. The second-order valence-electron chi connectivity index (χ2n) is 15.4. The van der Waals surface area contributed by atoms with Gasteiger partial charge in [-0.2, -0.15) is 0 Å². The summed E-state index contributed by atoms with van der Waals surface area (Å²) in [5, 5.41) is 0. The first-order valence-electron chi connectivity index (χ1n) is 15.2. The first kappa shape index (κ1) is 29.4. The van der Waals surface area contributed by atoms with E-state index in [-0.39, 0.29) is 47.6 Å². The van der Waals surface area contributed by atoms with Gasteiger partial charge in [0.05, 0.1) is 16.7 Å². The molecule has 0 spiro atoms. The highest BCUT2D eigenvalue weighted by Gasteiger charge is 2.63. The van der Waals surface area contributed by atoms with Gasteiger partial charge in [0.2, 0.25) is 0 Å². The molecule has 0 N–H and O–H groups in total. The number of carbonyl (C=O) groups excluding carboxylic acids is 3. The predicted octanol–water partition coefficient (Wildman–Crippen LogP) is 6.73. The molecule has 9 unspecified atom stereocenters. The van der Waals surface area contributed by atoms with Gasteiger partial charge in [0.1, 0.15) is 18.3 Å². The van der Waals surface area contributed by atoms with Crippen LogP contribution in [0.2, 0.25) is 0 Å². The lowest BCUT2D eigenvalue weighted by Crippen LogP contribution is -2.39. The number of ether oxygens (including phenoxy) is 3. The van der Waals surface area contributed by atoms with E-state index in [2.05, 4.69) is 27.7 Å². The zero-order valence-corrected chi connectivity index (χ0v) is 25.3. The minimum atomic E-state index is -0.455. The van der Waals surface area contributed by atoms with Crippen LogP contribution in [0.5, 0.6) is 0 Å². The van der Waals surface area contributed by atoms with Crippen molar-refractivity contribution in [2.45, 2.75) is 132 Å². The molecular formula is C32H52O6. The largest absolute Gasteiger partial charge is 0.462 e. The highest BCUT2D eigenvalue weighted by atomic mass is 16.6. The topological polar surface area (TPSA) is 78.9 Å². The Labute approximate surface area is 230 Å². The van der Waals surface area contributed by atoms with E-state index in [0.717, 1.165) is 43.9 Å². The lowest BCUT2D eigenvalue weighted by Gasteiger charge is -2.33. The Bertz CT molecular complexity index is 913. The number of carbonyl (C=O) groups is 3. The molecule has 0 radical (unpaired) electrons. The molecule has 216 valence electrons. The zero-order chi connectivity index (χ0) is 28.2. The van der Waals surface area contributed by atoms with Gasteiger partial charge >= 0.3 is 17.9 Å². The van der Waals surface area contributed by atoms with Crippen molar-refractivity contribution < 1.29 is 28.6 Å². The molecule has 5 fully saturated rings. The van der Waals surface area contributed by atoms with Crippen LogP contribution in [0, 0.1) is 51.8 Å². The molecule has 38 heavy (non-hydrogen) atoms. The number of hydrogen-bond acceptors (Lipinski definition) is 6. The van der Waals surface area contributed by atoms with Gasteiger partial charge in [-0.15, -0.1) is 0 Å². The second kappa shape index (κ2) is 10.4. The Morgan fingerprint density at radius 1 is 0.789 bits per heavy atom. The Kier molecular flexibility index (Phi) is 8.07. The van der Waals surface area contributed by atoms with Gasteiger partial charge < -0.3 is 14.2 Å². The van der Waals surface area contributed by atoms with E-state index >= 15 is 0 Å². The standard InChI is InChI=1S/C18H32O2.C14H20O4/c1-7-18(5,6)16(19)20-15-10-12-8-13(15)9-14(12)11-17(2,3)4;1-4-14(2,3)13(16)18-10-7-5-8-9(6-7)12(15)17-11(8)10/h12-15H,7-11H2,1-6H3;7-11H,4-6H2,1-3H3. The van der Waals surface area contributed by atoms with Crippen LogP contribution >= 0.6 is 0 Å². The summed E-state index contributed by atoms with van der Waals surface area (Å²) in [6.07, 6.45) is 8.22. The normalized spacial score (nSPS) is 37.1. The second-order valence-corrected chi connectivity index (χ2v) is 15.4. The summed E-state index contributed by atoms with van der Waals surface area (Å²) in [6.45, 7) is 18.8. The van der Waals surface area contributed by atoms with Crippen molar-refractivity contribution >= 4 is 17.9 Å². The molecule has 0 aromatic rings. The molecule has 1 aliphatic heterocycles. The smallest absolute Gasteiger partial charge is 0.311 e. The number of fused-ring (bicyclic) bond motifs is 3. The maximum atomic E-state index is 12.2. The highest BCUT2D eigenvalue weighted by molar-refractivity contribution is 5.78. The number of rotatable bonds is 7. The van der Waals surface area contributed by atoms with Gasteiger partial charge in [-0.3, -0.25) is 14.4 Å². The summed E-state index contributed by atoms with van der Waals surface area (Å²) in [7, 11) is 0. The fourth-order valence-corrected chi connectivity index (χ4v) is 7.46.